The first-order valence-corrected chi connectivity index (χ1v) is 6.32. The fraction of sp³-hybridized carbons (Fsp3) is 0.600. The van der Waals surface area contributed by atoms with Crippen molar-refractivity contribution < 1.29 is 5.11 Å². The zero-order valence-corrected chi connectivity index (χ0v) is 10.5. The molecule has 0 amide bonds. The van der Waals surface area contributed by atoms with Crippen LogP contribution in [0.3, 0.4) is 0 Å². The third kappa shape index (κ3) is 1.95. The SMILES string of the molecule is C[C@@H]1CC[C@@](C)(c2cccc(O)c2)[C@H](C)C1. The van der Waals surface area contributed by atoms with Gasteiger partial charge >= 0.3 is 0 Å². The monoisotopic (exact) mass is 218 g/mol. The van der Waals surface area contributed by atoms with Gasteiger partial charge in [-0.1, -0.05) is 32.9 Å². The maximum Gasteiger partial charge on any atom is 0.115 e. The molecule has 88 valence electrons. The highest BCUT2D eigenvalue weighted by atomic mass is 16.3. The van der Waals surface area contributed by atoms with E-state index >= 15 is 0 Å². The molecule has 1 nitrogen and oxygen atoms in total. The molecule has 0 bridgehead atoms. The standard InChI is InChI=1S/C15H22O/c1-11-7-8-15(3,12(2)9-11)13-5-4-6-14(16)10-13/h4-6,10-12,16H,7-9H2,1-3H3/t11-,12-,15-/m1/s1. The minimum atomic E-state index is 0.241. The van der Waals surface area contributed by atoms with Crippen molar-refractivity contribution in [2.75, 3.05) is 0 Å². The largest absolute Gasteiger partial charge is 0.508 e. The van der Waals surface area contributed by atoms with E-state index in [1.165, 1.54) is 24.8 Å². The highest BCUT2D eigenvalue weighted by Gasteiger charge is 2.37. The highest BCUT2D eigenvalue weighted by molar-refractivity contribution is 5.33. The summed E-state index contributed by atoms with van der Waals surface area (Å²) in [6.07, 6.45) is 3.83. The average Bonchev–Trinajstić information content (AvgIpc) is 2.24. The normalized spacial score (nSPS) is 34.9. The van der Waals surface area contributed by atoms with Crippen molar-refractivity contribution in [1.29, 1.82) is 0 Å². The summed E-state index contributed by atoms with van der Waals surface area (Å²) < 4.78 is 0. The van der Waals surface area contributed by atoms with E-state index < -0.39 is 0 Å². The van der Waals surface area contributed by atoms with Gasteiger partial charge in [0, 0.05) is 0 Å². The summed E-state index contributed by atoms with van der Waals surface area (Å²) in [6.45, 7) is 7.04. The molecule has 3 atom stereocenters. The van der Waals surface area contributed by atoms with Crippen LogP contribution >= 0.6 is 0 Å². The maximum atomic E-state index is 9.60. The molecule has 2 rings (SSSR count). The Labute approximate surface area is 98.5 Å². The number of phenolic OH excluding ortho intramolecular Hbond substituents is 1. The van der Waals surface area contributed by atoms with E-state index in [1.807, 2.05) is 12.1 Å². The minimum absolute atomic E-state index is 0.241. The zero-order valence-electron chi connectivity index (χ0n) is 10.5. The minimum Gasteiger partial charge on any atom is -0.508 e. The summed E-state index contributed by atoms with van der Waals surface area (Å²) in [4.78, 5) is 0. The zero-order chi connectivity index (χ0) is 11.8. The van der Waals surface area contributed by atoms with Crippen molar-refractivity contribution >= 4 is 0 Å². The Morgan fingerprint density at radius 3 is 2.69 bits per heavy atom. The van der Waals surface area contributed by atoms with Crippen molar-refractivity contribution in [3.63, 3.8) is 0 Å². The first-order chi connectivity index (χ1) is 7.52. The Hall–Kier alpha value is -0.980. The molecule has 0 aliphatic heterocycles. The van der Waals surface area contributed by atoms with Crippen LogP contribution < -0.4 is 0 Å². The van der Waals surface area contributed by atoms with E-state index in [0.717, 1.165) is 5.92 Å². The fourth-order valence-corrected chi connectivity index (χ4v) is 3.06. The first-order valence-electron chi connectivity index (χ1n) is 6.32. The maximum absolute atomic E-state index is 9.60. The summed E-state index contributed by atoms with van der Waals surface area (Å²) in [5.41, 5.74) is 1.54. The Kier molecular flexibility index (Phi) is 2.96. The topological polar surface area (TPSA) is 20.2 Å². The van der Waals surface area contributed by atoms with E-state index in [4.69, 9.17) is 0 Å². The second-order valence-electron chi connectivity index (χ2n) is 5.75. The van der Waals surface area contributed by atoms with Crippen LogP contribution in [0.5, 0.6) is 5.75 Å². The van der Waals surface area contributed by atoms with Gasteiger partial charge < -0.3 is 5.11 Å². The molecule has 0 unspecified atom stereocenters. The van der Waals surface area contributed by atoms with Crippen LogP contribution in [0.1, 0.15) is 45.6 Å². The Balaban J connectivity index is 2.31. The predicted octanol–water partition coefficient (Wildman–Crippen LogP) is 4.11. The summed E-state index contributed by atoms with van der Waals surface area (Å²) in [5.74, 6) is 1.93. The van der Waals surface area contributed by atoms with E-state index in [-0.39, 0.29) is 5.41 Å². The van der Waals surface area contributed by atoms with Gasteiger partial charge in [0.05, 0.1) is 0 Å². The second kappa shape index (κ2) is 4.12. The molecule has 16 heavy (non-hydrogen) atoms. The molecule has 1 N–H and O–H groups in total. The Bertz CT molecular complexity index is 371. The van der Waals surface area contributed by atoms with Crippen molar-refractivity contribution in [1.82, 2.24) is 0 Å². The van der Waals surface area contributed by atoms with Crippen LogP contribution in [0.2, 0.25) is 0 Å². The summed E-state index contributed by atoms with van der Waals surface area (Å²) in [5, 5.41) is 9.60. The van der Waals surface area contributed by atoms with Gasteiger partial charge in [0.15, 0.2) is 0 Å². The Morgan fingerprint density at radius 2 is 2.06 bits per heavy atom. The molecule has 1 aliphatic carbocycles. The molecule has 0 spiro atoms. The second-order valence-corrected chi connectivity index (χ2v) is 5.75. The molecule has 0 radical (unpaired) electrons. The van der Waals surface area contributed by atoms with E-state index in [1.54, 1.807) is 6.07 Å². The van der Waals surface area contributed by atoms with Crippen LogP contribution in [0.4, 0.5) is 0 Å². The summed E-state index contributed by atoms with van der Waals surface area (Å²) in [7, 11) is 0. The lowest BCUT2D eigenvalue weighted by atomic mass is 9.62. The van der Waals surface area contributed by atoms with Gasteiger partial charge in [0.1, 0.15) is 5.75 Å². The molecule has 0 heterocycles. The third-order valence-electron chi connectivity index (χ3n) is 4.51. The van der Waals surface area contributed by atoms with Gasteiger partial charge in [0.2, 0.25) is 0 Å². The van der Waals surface area contributed by atoms with Gasteiger partial charge in [-0.25, -0.2) is 0 Å². The van der Waals surface area contributed by atoms with Gasteiger partial charge in [-0.3, -0.25) is 0 Å². The molecule has 1 aromatic carbocycles. The number of phenols is 1. The molecule has 1 aromatic rings. The van der Waals surface area contributed by atoms with Crippen molar-refractivity contribution in [2.45, 2.75) is 45.4 Å². The summed E-state index contributed by atoms with van der Waals surface area (Å²) >= 11 is 0. The van der Waals surface area contributed by atoms with Crippen LogP contribution in [0, 0.1) is 11.8 Å². The molecule has 0 saturated heterocycles. The van der Waals surface area contributed by atoms with Gasteiger partial charge in [0.25, 0.3) is 0 Å². The van der Waals surface area contributed by atoms with Crippen molar-refractivity contribution in [3.8, 4) is 5.75 Å². The van der Waals surface area contributed by atoms with Gasteiger partial charge in [-0.2, -0.15) is 0 Å². The molecule has 1 saturated carbocycles. The molecular weight excluding hydrogens is 196 g/mol. The summed E-state index contributed by atoms with van der Waals surface area (Å²) in [6, 6.07) is 7.81. The number of aromatic hydroxyl groups is 1. The predicted molar refractivity (Wildman–Crippen MR) is 67.6 cm³/mol. The lowest BCUT2D eigenvalue weighted by molar-refractivity contribution is 0.176. The highest BCUT2D eigenvalue weighted by Crippen LogP contribution is 2.45. The number of hydrogen-bond donors (Lipinski definition) is 1. The van der Waals surface area contributed by atoms with Crippen LogP contribution in [-0.4, -0.2) is 5.11 Å². The number of hydrogen-bond acceptors (Lipinski definition) is 1. The van der Waals surface area contributed by atoms with Crippen LogP contribution in [0.15, 0.2) is 24.3 Å². The van der Waals surface area contributed by atoms with Crippen LogP contribution in [0.25, 0.3) is 0 Å². The average molecular weight is 218 g/mol. The first kappa shape index (κ1) is 11.5. The quantitative estimate of drug-likeness (QED) is 0.752. The van der Waals surface area contributed by atoms with E-state index in [0.29, 0.717) is 11.7 Å². The van der Waals surface area contributed by atoms with Gasteiger partial charge in [-0.05, 0) is 54.2 Å². The van der Waals surface area contributed by atoms with Crippen molar-refractivity contribution in [2.24, 2.45) is 11.8 Å². The van der Waals surface area contributed by atoms with E-state index in [2.05, 4.69) is 26.8 Å². The number of benzene rings is 1. The van der Waals surface area contributed by atoms with Crippen LogP contribution in [-0.2, 0) is 5.41 Å². The smallest absolute Gasteiger partial charge is 0.115 e. The lowest BCUT2D eigenvalue weighted by Crippen LogP contribution is -2.35. The van der Waals surface area contributed by atoms with E-state index in [9.17, 15) is 5.11 Å². The number of rotatable bonds is 1. The van der Waals surface area contributed by atoms with Crippen molar-refractivity contribution in [3.05, 3.63) is 29.8 Å². The Morgan fingerprint density at radius 1 is 1.31 bits per heavy atom. The third-order valence-corrected chi connectivity index (χ3v) is 4.51. The molecule has 1 fully saturated rings. The molecule has 0 aromatic heterocycles. The molecule has 1 heteroatoms. The fourth-order valence-electron chi connectivity index (χ4n) is 3.06. The lowest BCUT2D eigenvalue weighted by Gasteiger charge is -2.42. The molecular formula is C15H22O. The molecule has 1 aliphatic rings. The van der Waals surface area contributed by atoms with Gasteiger partial charge in [-0.15, -0.1) is 0 Å².